The third-order valence-electron chi connectivity index (χ3n) is 5.92. The van der Waals surface area contributed by atoms with Gasteiger partial charge in [-0.15, -0.1) is 24.0 Å². The molecule has 31 heavy (non-hydrogen) atoms. The minimum absolute atomic E-state index is 0. The predicted octanol–water partition coefficient (Wildman–Crippen LogP) is 3.94. The van der Waals surface area contributed by atoms with Crippen LogP contribution >= 0.6 is 24.0 Å². The van der Waals surface area contributed by atoms with Gasteiger partial charge in [0.15, 0.2) is 5.96 Å². The monoisotopic (exact) mass is 553 g/mol. The summed E-state index contributed by atoms with van der Waals surface area (Å²) in [5.74, 6) is 0.831. The first-order valence-corrected chi connectivity index (χ1v) is 11.0. The first-order valence-electron chi connectivity index (χ1n) is 11.0. The summed E-state index contributed by atoms with van der Waals surface area (Å²) in [6.07, 6.45) is 1.73. The highest BCUT2D eigenvalue weighted by Gasteiger charge is 2.30. The number of likely N-dealkylation sites (tertiary alicyclic amines) is 2. The molecule has 1 aromatic rings. The number of rotatable bonds is 8. The molecule has 0 aromatic heterocycles. The summed E-state index contributed by atoms with van der Waals surface area (Å²) >= 11 is 0. The molecular formula is C22H35F3IN5. The summed E-state index contributed by atoms with van der Waals surface area (Å²) < 4.78 is 38.1. The molecule has 0 bridgehead atoms. The number of halogens is 4. The van der Waals surface area contributed by atoms with Crippen LogP contribution in [0, 0.1) is 0 Å². The molecule has 2 heterocycles. The maximum atomic E-state index is 12.7. The van der Waals surface area contributed by atoms with E-state index >= 15 is 0 Å². The average Bonchev–Trinajstić information content (AvgIpc) is 3.38. The summed E-state index contributed by atoms with van der Waals surface area (Å²) in [5.41, 5.74) is 0.312. The normalized spacial score (nSPS) is 20.6. The van der Waals surface area contributed by atoms with Crippen LogP contribution in [0.4, 0.5) is 13.2 Å². The number of hydrogen-bond acceptors (Lipinski definition) is 3. The molecule has 2 N–H and O–H groups in total. The van der Waals surface area contributed by atoms with Crippen LogP contribution in [0.25, 0.3) is 0 Å². The Hall–Kier alpha value is -1.07. The van der Waals surface area contributed by atoms with E-state index in [0.717, 1.165) is 56.1 Å². The summed E-state index contributed by atoms with van der Waals surface area (Å²) in [6.45, 7) is 7.05. The molecule has 1 unspecified atom stereocenters. The van der Waals surface area contributed by atoms with Crippen molar-refractivity contribution in [3.63, 3.8) is 0 Å². The minimum atomic E-state index is -4.28. The lowest BCUT2D eigenvalue weighted by atomic mass is 10.1. The summed E-state index contributed by atoms with van der Waals surface area (Å²) in [7, 11) is 1.79. The predicted molar refractivity (Wildman–Crippen MR) is 130 cm³/mol. The molecule has 0 spiro atoms. The number of nitrogens with zero attached hydrogens (tertiary/aromatic N) is 3. The SMILES string of the molecule is CN=C(NCCCCN1CCCC1)NC1CCN(Cc2ccc(C(F)(F)F)cc2)C1.I. The van der Waals surface area contributed by atoms with Crippen molar-refractivity contribution < 1.29 is 13.2 Å². The smallest absolute Gasteiger partial charge is 0.356 e. The molecule has 2 aliphatic rings. The van der Waals surface area contributed by atoms with Gasteiger partial charge in [-0.3, -0.25) is 9.89 Å². The van der Waals surface area contributed by atoms with Crippen molar-refractivity contribution >= 4 is 29.9 Å². The quantitative estimate of drug-likeness (QED) is 0.222. The lowest BCUT2D eigenvalue weighted by Crippen LogP contribution is -2.44. The van der Waals surface area contributed by atoms with Gasteiger partial charge in [0.25, 0.3) is 0 Å². The fourth-order valence-electron chi connectivity index (χ4n) is 4.21. The highest BCUT2D eigenvalue weighted by molar-refractivity contribution is 14.0. The molecule has 0 saturated carbocycles. The molecule has 0 aliphatic carbocycles. The van der Waals surface area contributed by atoms with Gasteiger partial charge in [-0.25, -0.2) is 0 Å². The first kappa shape index (κ1) is 26.2. The highest BCUT2D eigenvalue weighted by atomic mass is 127. The number of aliphatic imine (C=N–C) groups is 1. The Balaban J connectivity index is 0.00000341. The van der Waals surface area contributed by atoms with Crippen molar-refractivity contribution in [2.24, 2.45) is 4.99 Å². The van der Waals surface area contributed by atoms with Crippen molar-refractivity contribution in [2.75, 3.05) is 46.3 Å². The van der Waals surface area contributed by atoms with E-state index < -0.39 is 11.7 Å². The van der Waals surface area contributed by atoms with Gasteiger partial charge in [-0.2, -0.15) is 13.2 Å². The Labute approximate surface area is 200 Å². The van der Waals surface area contributed by atoms with E-state index in [1.807, 2.05) is 0 Å². The second kappa shape index (κ2) is 12.8. The van der Waals surface area contributed by atoms with Gasteiger partial charge in [0.2, 0.25) is 0 Å². The van der Waals surface area contributed by atoms with Gasteiger partial charge in [0.1, 0.15) is 0 Å². The fraction of sp³-hybridized carbons (Fsp3) is 0.682. The molecule has 1 aromatic carbocycles. The Morgan fingerprint density at radius 2 is 1.77 bits per heavy atom. The molecule has 0 radical (unpaired) electrons. The van der Waals surface area contributed by atoms with Gasteiger partial charge in [-0.1, -0.05) is 12.1 Å². The van der Waals surface area contributed by atoms with Gasteiger partial charge in [-0.05, 0) is 69.4 Å². The van der Waals surface area contributed by atoms with Gasteiger partial charge in [0.05, 0.1) is 5.56 Å². The highest BCUT2D eigenvalue weighted by Crippen LogP contribution is 2.29. The average molecular weight is 553 g/mol. The Morgan fingerprint density at radius 1 is 1.06 bits per heavy atom. The maximum Gasteiger partial charge on any atom is 0.416 e. The van der Waals surface area contributed by atoms with Crippen LogP contribution in [0.5, 0.6) is 0 Å². The van der Waals surface area contributed by atoms with Crippen molar-refractivity contribution in [2.45, 2.75) is 50.9 Å². The second-order valence-electron chi connectivity index (χ2n) is 8.31. The van der Waals surface area contributed by atoms with Gasteiger partial charge in [0, 0.05) is 39.3 Å². The molecule has 2 saturated heterocycles. The maximum absolute atomic E-state index is 12.7. The summed E-state index contributed by atoms with van der Waals surface area (Å²) in [4.78, 5) is 9.13. The van der Waals surface area contributed by atoms with Crippen molar-refractivity contribution in [1.29, 1.82) is 0 Å². The van der Waals surface area contributed by atoms with Crippen molar-refractivity contribution in [1.82, 2.24) is 20.4 Å². The second-order valence-corrected chi connectivity index (χ2v) is 8.31. The molecular weight excluding hydrogens is 518 g/mol. The largest absolute Gasteiger partial charge is 0.416 e. The first-order chi connectivity index (χ1) is 14.4. The van der Waals surface area contributed by atoms with E-state index in [2.05, 4.69) is 25.4 Å². The van der Waals surface area contributed by atoms with E-state index in [1.54, 1.807) is 19.2 Å². The molecule has 2 aliphatic heterocycles. The summed E-state index contributed by atoms with van der Waals surface area (Å²) in [6, 6.07) is 5.78. The number of benzene rings is 1. The van der Waals surface area contributed by atoms with Crippen LogP contribution in [-0.4, -0.2) is 68.1 Å². The molecule has 3 rings (SSSR count). The van der Waals surface area contributed by atoms with E-state index in [1.165, 1.54) is 38.9 Å². The summed E-state index contributed by atoms with van der Waals surface area (Å²) in [5, 5.41) is 6.88. The van der Waals surface area contributed by atoms with E-state index in [-0.39, 0.29) is 24.0 Å². The van der Waals surface area contributed by atoms with Crippen LogP contribution in [0.2, 0.25) is 0 Å². The molecule has 0 amide bonds. The zero-order valence-electron chi connectivity index (χ0n) is 18.3. The van der Waals surface area contributed by atoms with Crippen LogP contribution in [0.15, 0.2) is 29.3 Å². The number of alkyl halides is 3. The molecule has 9 heteroatoms. The van der Waals surface area contributed by atoms with Gasteiger partial charge >= 0.3 is 6.18 Å². The third-order valence-corrected chi connectivity index (χ3v) is 5.92. The van der Waals surface area contributed by atoms with Crippen LogP contribution < -0.4 is 10.6 Å². The van der Waals surface area contributed by atoms with Crippen LogP contribution in [-0.2, 0) is 12.7 Å². The number of hydrogen-bond donors (Lipinski definition) is 2. The molecule has 2 fully saturated rings. The van der Waals surface area contributed by atoms with Crippen LogP contribution in [0.3, 0.4) is 0 Å². The zero-order valence-corrected chi connectivity index (χ0v) is 20.6. The Kier molecular flexibility index (Phi) is 10.8. The van der Waals surface area contributed by atoms with E-state index in [4.69, 9.17) is 0 Å². The minimum Gasteiger partial charge on any atom is -0.356 e. The lowest BCUT2D eigenvalue weighted by molar-refractivity contribution is -0.137. The number of guanidine groups is 1. The van der Waals surface area contributed by atoms with E-state index in [0.29, 0.717) is 12.6 Å². The molecule has 176 valence electrons. The van der Waals surface area contributed by atoms with Gasteiger partial charge < -0.3 is 15.5 Å². The number of unbranched alkanes of at least 4 members (excludes halogenated alkanes) is 1. The zero-order chi connectivity index (χ0) is 21.4. The van der Waals surface area contributed by atoms with Crippen LogP contribution in [0.1, 0.15) is 43.2 Å². The standard InChI is InChI=1S/C22H34F3N5.HI/c1-26-21(27-11-2-3-12-29-13-4-5-14-29)28-20-10-15-30(17-20)16-18-6-8-19(9-7-18)22(23,24)25;/h6-9,20H,2-5,10-17H2,1H3,(H2,26,27,28);1H. The van der Waals surface area contributed by atoms with Crippen molar-refractivity contribution in [3.8, 4) is 0 Å². The van der Waals surface area contributed by atoms with Crippen molar-refractivity contribution in [3.05, 3.63) is 35.4 Å². The number of nitrogens with one attached hydrogen (secondary N) is 2. The Bertz CT molecular complexity index is 675. The molecule has 1 atom stereocenters. The topological polar surface area (TPSA) is 42.9 Å². The van der Waals surface area contributed by atoms with E-state index in [9.17, 15) is 13.2 Å². The fourth-order valence-corrected chi connectivity index (χ4v) is 4.21. The Morgan fingerprint density at radius 3 is 2.42 bits per heavy atom. The third kappa shape index (κ3) is 8.76. The lowest BCUT2D eigenvalue weighted by Gasteiger charge is -2.19. The molecule has 5 nitrogen and oxygen atoms in total.